The Bertz CT molecular complexity index is 1170. The van der Waals surface area contributed by atoms with Gasteiger partial charge in [-0.15, -0.1) is 0 Å². The Hall–Kier alpha value is -3.10. The highest BCUT2D eigenvalue weighted by Gasteiger charge is 2.48. The highest BCUT2D eigenvalue weighted by Crippen LogP contribution is 2.44. The normalized spacial score (nSPS) is 22.8. The monoisotopic (exact) mass is 555 g/mol. The van der Waals surface area contributed by atoms with Crippen LogP contribution in [0.3, 0.4) is 0 Å². The molecule has 1 aliphatic heterocycles. The first-order valence-electron chi connectivity index (χ1n) is 13.5. The van der Waals surface area contributed by atoms with E-state index < -0.39 is 29.1 Å². The summed E-state index contributed by atoms with van der Waals surface area (Å²) in [6, 6.07) is 16.1. The van der Waals surface area contributed by atoms with Crippen LogP contribution in [0.5, 0.6) is 0 Å². The predicted molar refractivity (Wildman–Crippen MR) is 149 cm³/mol. The van der Waals surface area contributed by atoms with Gasteiger partial charge in [-0.25, -0.2) is 4.79 Å². The minimum Gasteiger partial charge on any atom is -0.459 e. The second-order valence-electron chi connectivity index (χ2n) is 11.5. The maximum atomic E-state index is 13.1. The summed E-state index contributed by atoms with van der Waals surface area (Å²) in [4.78, 5) is 42.1. The van der Waals surface area contributed by atoms with E-state index in [2.05, 4.69) is 0 Å². The first-order chi connectivity index (χ1) is 18.5. The molecule has 0 radical (unpaired) electrons. The molecule has 2 N–H and O–H groups in total. The second kappa shape index (κ2) is 12.0. The number of carbonyl (C=O) groups is 3. The molecule has 1 saturated carbocycles. The molecular weight excluding hydrogens is 518 g/mol. The number of rotatable bonds is 6. The molecule has 0 bridgehead atoms. The molecule has 2 amide bonds. The van der Waals surface area contributed by atoms with Gasteiger partial charge in [0.2, 0.25) is 5.91 Å². The van der Waals surface area contributed by atoms with Crippen molar-refractivity contribution in [1.29, 1.82) is 0 Å². The van der Waals surface area contributed by atoms with Gasteiger partial charge in [-0.05, 0) is 69.7 Å². The van der Waals surface area contributed by atoms with Gasteiger partial charge >= 0.3 is 12.1 Å². The number of hydrogen-bond acceptors (Lipinski definition) is 6. The maximum absolute atomic E-state index is 13.1. The van der Waals surface area contributed by atoms with Crippen molar-refractivity contribution in [1.82, 2.24) is 9.80 Å². The van der Waals surface area contributed by atoms with Crippen LogP contribution >= 0.6 is 11.6 Å². The first kappa shape index (κ1) is 28.9. The molecule has 39 heavy (non-hydrogen) atoms. The molecule has 9 heteroatoms. The number of benzene rings is 2. The number of halogens is 1. The summed E-state index contributed by atoms with van der Waals surface area (Å²) in [5.74, 6) is -0.547. The zero-order valence-corrected chi connectivity index (χ0v) is 23.7. The Balaban J connectivity index is 1.40. The fraction of sp³-hybridized carbons (Fsp3) is 0.500. The van der Waals surface area contributed by atoms with Gasteiger partial charge in [0.05, 0.1) is 0 Å². The molecular formula is C30H38ClN3O5. The smallest absolute Gasteiger partial charge is 0.410 e. The number of esters is 1. The number of nitrogens with two attached hydrogens (primary N) is 1. The lowest BCUT2D eigenvalue weighted by atomic mass is 9.63. The van der Waals surface area contributed by atoms with Crippen molar-refractivity contribution in [2.45, 2.75) is 76.2 Å². The molecule has 4 rings (SSSR count). The van der Waals surface area contributed by atoms with E-state index in [4.69, 9.17) is 26.8 Å². The van der Waals surface area contributed by atoms with E-state index in [-0.39, 0.29) is 25.1 Å². The van der Waals surface area contributed by atoms with Gasteiger partial charge in [0.1, 0.15) is 24.8 Å². The van der Waals surface area contributed by atoms with Crippen molar-refractivity contribution in [3.05, 3.63) is 70.7 Å². The lowest BCUT2D eigenvalue weighted by Gasteiger charge is -2.47. The average Bonchev–Trinajstić information content (AvgIpc) is 2.91. The van der Waals surface area contributed by atoms with Crippen molar-refractivity contribution in [3.8, 4) is 0 Å². The van der Waals surface area contributed by atoms with Crippen molar-refractivity contribution in [2.24, 2.45) is 5.73 Å². The van der Waals surface area contributed by atoms with E-state index >= 15 is 0 Å². The summed E-state index contributed by atoms with van der Waals surface area (Å²) in [5, 5.41) is 0.579. The fourth-order valence-electron chi connectivity index (χ4n) is 5.64. The van der Waals surface area contributed by atoms with Crippen molar-refractivity contribution in [2.75, 3.05) is 19.6 Å². The third-order valence-corrected chi connectivity index (χ3v) is 7.90. The topological polar surface area (TPSA) is 102 Å². The Morgan fingerprint density at radius 1 is 1.08 bits per heavy atom. The summed E-state index contributed by atoms with van der Waals surface area (Å²) >= 11 is 6.33. The number of carbonyl (C=O) groups excluding carboxylic acids is 3. The summed E-state index contributed by atoms with van der Waals surface area (Å²) in [6.45, 7) is 6.47. The van der Waals surface area contributed by atoms with Crippen LogP contribution in [-0.4, -0.2) is 65.1 Å². The molecule has 1 unspecified atom stereocenters. The minimum atomic E-state index is -0.872. The van der Waals surface area contributed by atoms with Gasteiger partial charge in [-0.1, -0.05) is 54.1 Å². The summed E-state index contributed by atoms with van der Waals surface area (Å²) in [5.41, 5.74) is 7.12. The van der Waals surface area contributed by atoms with Crippen LogP contribution in [0.4, 0.5) is 4.79 Å². The average molecular weight is 556 g/mol. The molecule has 2 aliphatic rings. The number of piperazine rings is 1. The van der Waals surface area contributed by atoms with Gasteiger partial charge < -0.3 is 20.1 Å². The van der Waals surface area contributed by atoms with E-state index in [0.717, 1.165) is 11.1 Å². The van der Waals surface area contributed by atoms with Crippen molar-refractivity contribution >= 4 is 29.6 Å². The molecule has 1 heterocycles. The number of nitrogens with zero attached hydrogens (tertiary/aromatic N) is 2. The van der Waals surface area contributed by atoms with E-state index in [1.807, 2.05) is 74.2 Å². The van der Waals surface area contributed by atoms with Crippen LogP contribution in [0.2, 0.25) is 5.02 Å². The first-order valence-corrected chi connectivity index (χ1v) is 13.9. The molecule has 1 aliphatic carbocycles. The summed E-state index contributed by atoms with van der Waals surface area (Å²) < 4.78 is 11.1. The lowest BCUT2D eigenvalue weighted by molar-refractivity contribution is -0.159. The van der Waals surface area contributed by atoms with Gasteiger partial charge in [0, 0.05) is 29.6 Å². The van der Waals surface area contributed by atoms with Gasteiger partial charge in [0.15, 0.2) is 0 Å². The third kappa shape index (κ3) is 6.92. The summed E-state index contributed by atoms with van der Waals surface area (Å²) in [6.07, 6.45) is 2.06. The maximum Gasteiger partial charge on any atom is 0.410 e. The van der Waals surface area contributed by atoms with Crippen LogP contribution in [0.1, 0.15) is 57.6 Å². The fourth-order valence-corrected chi connectivity index (χ4v) is 5.83. The molecule has 1 atom stereocenters. The highest BCUT2D eigenvalue weighted by atomic mass is 35.5. The number of amides is 2. The quantitative estimate of drug-likeness (QED) is 0.520. The molecule has 1 saturated heterocycles. The minimum absolute atomic E-state index is 0.00173. The Morgan fingerprint density at radius 2 is 1.77 bits per heavy atom. The second-order valence-corrected chi connectivity index (χ2v) is 11.9. The predicted octanol–water partition coefficient (Wildman–Crippen LogP) is 4.67. The zero-order valence-electron chi connectivity index (χ0n) is 22.9. The van der Waals surface area contributed by atoms with Crippen LogP contribution in [0.15, 0.2) is 54.6 Å². The van der Waals surface area contributed by atoms with E-state index in [1.54, 1.807) is 6.07 Å². The van der Waals surface area contributed by atoms with Crippen molar-refractivity contribution in [3.63, 3.8) is 0 Å². The van der Waals surface area contributed by atoms with E-state index in [1.165, 1.54) is 4.90 Å². The highest BCUT2D eigenvalue weighted by molar-refractivity contribution is 6.30. The molecule has 0 aromatic heterocycles. The molecule has 2 aromatic rings. The van der Waals surface area contributed by atoms with Gasteiger partial charge in [-0.3, -0.25) is 14.5 Å². The Labute approximate surface area is 235 Å². The molecule has 0 spiro atoms. The van der Waals surface area contributed by atoms with Crippen LogP contribution in [0, 0.1) is 0 Å². The SMILES string of the molecule is CC(C)(C)OC(=O)C(N)C1(c2cccc(Cl)c2)CCC(N2CCN(C(=O)OCc3ccccc3)CC2=O)CC1. The standard InChI is InChI=1S/C30H38ClN3O5/c1-29(2,3)39-27(36)26(32)30(22-10-7-11-23(31)18-22)14-12-24(13-15-30)34-17-16-33(19-25(34)35)28(37)38-20-21-8-5-4-6-9-21/h4-11,18,24,26H,12-17,19-20,32H2,1-3H3. The largest absolute Gasteiger partial charge is 0.459 e. The Morgan fingerprint density at radius 3 is 2.38 bits per heavy atom. The Kier molecular flexibility index (Phi) is 8.86. The van der Waals surface area contributed by atoms with Crippen LogP contribution in [0.25, 0.3) is 0 Å². The van der Waals surface area contributed by atoms with Crippen LogP contribution in [-0.2, 0) is 31.1 Å². The third-order valence-electron chi connectivity index (χ3n) is 7.66. The van der Waals surface area contributed by atoms with Gasteiger partial charge in [-0.2, -0.15) is 0 Å². The van der Waals surface area contributed by atoms with Crippen molar-refractivity contribution < 1.29 is 23.9 Å². The van der Waals surface area contributed by atoms with E-state index in [9.17, 15) is 14.4 Å². The lowest BCUT2D eigenvalue weighted by Crippen LogP contribution is -2.59. The molecule has 2 aromatic carbocycles. The number of ether oxygens (including phenoxy) is 2. The van der Waals surface area contributed by atoms with Gasteiger partial charge in [0.25, 0.3) is 0 Å². The van der Waals surface area contributed by atoms with Crippen LogP contribution < -0.4 is 5.73 Å². The molecule has 2 fully saturated rings. The molecule has 210 valence electrons. The van der Waals surface area contributed by atoms with E-state index in [0.29, 0.717) is 43.8 Å². The summed E-state index contributed by atoms with van der Waals surface area (Å²) in [7, 11) is 0. The zero-order chi connectivity index (χ0) is 28.2. The molecule has 8 nitrogen and oxygen atoms in total. The number of hydrogen-bond donors (Lipinski definition) is 1.